The Bertz CT molecular complexity index is 721. The number of hydrogen-bond acceptors (Lipinski definition) is 6. The molecule has 2 aromatic rings. The molecular weight excluding hydrogens is 280 g/mol. The van der Waals surface area contributed by atoms with Gasteiger partial charge >= 0.3 is 5.00 Å². The molecule has 6 nitrogen and oxygen atoms in total. The van der Waals surface area contributed by atoms with E-state index in [9.17, 15) is 20.0 Å². The Morgan fingerprint density at radius 1 is 1.35 bits per heavy atom. The highest BCUT2D eigenvalue weighted by atomic mass is 32.1. The van der Waals surface area contributed by atoms with Crippen molar-refractivity contribution in [2.24, 2.45) is 0 Å². The largest absolute Gasteiger partial charge is 0.507 e. The topological polar surface area (TPSA) is 93.3 Å². The number of thiazole rings is 1. The molecule has 2 rings (SSSR count). The molecule has 0 bridgehead atoms. The second kappa shape index (κ2) is 5.01. The van der Waals surface area contributed by atoms with E-state index in [-0.39, 0.29) is 21.5 Å². The van der Waals surface area contributed by atoms with Gasteiger partial charge in [0.25, 0.3) is 0 Å². The lowest BCUT2D eigenvalue weighted by Gasteiger charge is -2.11. The molecule has 0 fully saturated rings. The quantitative estimate of drug-likeness (QED) is 0.533. The van der Waals surface area contributed by atoms with E-state index in [1.54, 1.807) is 26.8 Å². The lowest BCUT2D eigenvalue weighted by Crippen LogP contribution is -2.05. The summed E-state index contributed by atoms with van der Waals surface area (Å²) in [7, 11) is 0. The van der Waals surface area contributed by atoms with Crippen LogP contribution in [-0.4, -0.2) is 20.8 Å². The predicted octanol–water partition coefficient (Wildman–Crippen LogP) is 2.91. The van der Waals surface area contributed by atoms with Crippen molar-refractivity contribution < 1.29 is 14.8 Å². The Morgan fingerprint density at radius 3 is 2.55 bits per heavy atom. The Balaban J connectivity index is 2.50. The molecule has 0 aliphatic heterocycles. The first-order chi connectivity index (χ1) is 9.32. The first-order valence-electron chi connectivity index (χ1n) is 5.77. The second-order valence-corrected chi connectivity index (χ2v) is 5.44. The number of nitrogens with zero attached hydrogens (tertiary/aromatic N) is 2. The summed E-state index contributed by atoms with van der Waals surface area (Å²) in [5.41, 5.74) is 2.26. The van der Waals surface area contributed by atoms with Gasteiger partial charge in [-0.05, 0) is 54.9 Å². The smallest absolute Gasteiger partial charge is 0.344 e. The van der Waals surface area contributed by atoms with Crippen LogP contribution in [-0.2, 0) is 0 Å². The van der Waals surface area contributed by atoms with Crippen LogP contribution < -0.4 is 0 Å². The molecule has 0 radical (unpaired) electrons. The average Bonchev–Trinajstić information content (AvgIpc) is 2.89. The number of aryl methyl sites for hydroxylation is 1. The summed E-state index contributed by atoms with van der Waals surface area (Å²) in [5, 5.41) is 20.4. The van der Waals surface area contributed by atoms with Gasteiger partial charge in [-0.1, -0.05) is 0 Å². The maximum Gasteiger partial charge on any atom is 0.344 e. The van der Waals surface area contributed by atoms with Crippen LogP contribution in [0.3, 0.4) is 0 Å². The molecule has 0 atom stereocenters. The summed E-state index contributed by atoms with van der Waals surface area (Å²) in [6, 6.07) is 1.58. The Hall–Kier alpha value is -2.28. The van der Waals surface area contributed by atoms with E-state index in [0.717, 1.165) is 17.5 Å². The molecule has 1 aromatic heterocycles. The number of ketones is 1. The number of carbonyl (C=O) groups is 1. The SMILES string of the molecule is Cc1cc(C(=O)c2ncc([N+](=O)[O-])s2)c(C)c(C)c1O. The highest BCUT2D eigenvalue weighted by Gasteiger charge is 2.22. The van der Waals surface area contributed by atoms with Gasteiger partial charge in [-0.2, -0.15) is 0 Å². The monoisotopic (exact) mass is 292 g/mol. The fourth-order valence-corrected chi connectivity index (χ4v) is 2.56. The molecule has 0 saturated carbocycles. The van der Waals surface area contributed by atoms with Crippen molar-refractivity contribution in [2.45, 2.75) is 20.8 Å². The van der Waals surface area contributed by atoms with E-state index in [2.05, 4.69) is 4.98 Å². The zero-order valence-electron chi connectivity index (χ0n) is 11.1. The summed E-state index contributed by atoms with van der Waals surface area (Å²) in [6.07, 6.45) is 1.08. The fraction of sp³-hybridized carbons (Fsp3) is 0.231. The standard InChI is InChI=1S/C13H12N2O4S/c1-6-4-9(7(2)8(3)11(6)16)12(17)13-14-5-10(20-13)15(18)19/h4-5,16H,1-3H3. The normalized spacial score (nSPS) is 10.6. The van der Waals surface area contributed by atoms with Crippen LogP contribution in [0.4, 0.5) is 5.00 Å². The van der Waals surface area contributed by atoms with Gasteiger partial charge in [0.15, 0.2) is 5.01 Å². The Labute approximate surface area is 118 Å². The summed E-state index contributed by atoms with van der Waals surface area (Å²) in [4.78, 5) is 26.2. The van der Waals surface area contributed by atoms with Gasteiger partial charge < -0.3 is 5.11 Å². The number of rotatable bonds is 3. The minimum Gasteiger partial charge on any atom is -0.507 e. The van der Waals surface area contributed by atoms with Crippen LogP contribution in [0.2, 0.25) is 0 Å². The highest BCUT2D eigenvalue weighted by Crippen LogP contribution is 2.30. The summed E-state index contributed by atoms with van der Waals surface area (Å²) in [5.74, 6) is -0.212. The third-order valence-electron chi connectivity index (χ3n) is 3.17. The van der Waals surface area contributed by atoms with E-state index in [0.29, 0.717) is 22.3 Å². The van der Waals surface area contributed by atoms with E-state index in [4.69, 9.17) is 0 Å². The minimum atomic E-state index is -0.575. The maximum atomic E-state index is 12.4. The van der Waals surface area contributed by atoms with E-state index >= 15 is 0 Å². The van der Waals surface area contributed by atoms with Crippen LogP contribution in [0, 0.1) is 30.9 Å². The molecule has 1 aromatic carbocycles. The third kappa shape index (κ3) is 2.27. The van der Waals surface area contributed by atoms with Crippen molar-refractivity contribution in [3.8, 4) is 5.75 Å². The molecule has 0 amide bonds. The lowest BCUT2D eigenvalue weighted by molar-refractivity contribution is -0.380. The molecule has 1 N–H and O–H groups in total. The van der Waals surface area contributed by atoms with Crippen molar-refractivity contribution in [3.05, 3.63) is 49.6 Å². The molecular formula is C13H12N2O4S. The van der Waals surface area contributed by atoms with Gasteiger partial charge in [0, 0.05) is 5.56 Å². The summed E-state index contributed by atoms with van der Waals surface area (Å²) >= 11 is 0.746. The van der Waals surface area contributed by atoms with Crippen LogP contribution in [0.5, 0.6) is 5.75 Å². The molecule has 7 heteroatoms. The molecule has 0 spiro atoms. The molecule has 0 aliphatic rings. The number of aromatic nitrogens is 1. The molecule has 104 valence electrons. The lowest BCUT2D eigenvalue weighted by atomic mass is 9.96. The molecule has 20 heavy (non-hydrogen) atoms. The number of carbonyl (C=O) groups excluding carboxylic acids is 1. The van der Waals surface area contributed by atoms with Gasteiger partial charge in [-0.15, -0.1) is 0 Å². The number of phenols is 1. The Morgan fingerprint density at radius 2 is 2.00 bits per heavy atom. The third-order valence-corrected chi connectivity index (χ3v) is 4.12. The van der Waals surface area contributed by atoms with Crippen molar-refractivity contribution >= 4 is 22.1 Å². The van der Waals surface area contributed by atoms with Crippen molar-refractivity contribution in [3.63, 3.8) is 0 Å². The average molecular weight is 292 g/mol. The van der Waals surface area contributed by atoms with Crippen LogP contribution in [0.25, 0.3) is 0 Å². The first-order valence-corrected chi connectivity index (χ1v) is 6.59. The molecule has 0 saturated heterocycles. The highest BCUT2D eigenvalue weighted by molar-refractivity contribution is 7.16. The maximum absolute atomic E-state index is 12.4. The van der Waals surface area contributed by atoms with Crippen LogP contribution in [0.1, 0.15) is 32.1 Å². The van der Waals surface area contributed by atoms with Gasteiger partial charge in [0.2, 0.25) is 5.78 Å². The van der Waals surface area contributed by atoms with Crippen molar-refractivity contribution in [2.75, 3.05) is 0 Å². The van der Waals surface area contributed by atoms with Crippen LogP contribution in [0.15, 0.2) is 12.3 Å². The number of nitro groups is 1. The van der Waals surface area contributed by atoms with Gasteiger partial charge in [-0.3, -0.25) is 14.9 Å². The summed E-state index contributed by atoms with van der Waals surface area (Å²) < 4.78 is 0. The molecule has 0 unspecified atom stereocenters. The van der Waals surface area contributed by atoms with Gasteiger partial charge in [0.1, 0.15) is 11.9 Å². The van der Waals surface area contributed by atoms with Crippen molar-refractivity contribution in [1.29, 1.82) is 0 Å². The molecule has 1 heterocycles. The zero-order valence-corrected chi connectivity index (χ0v) is 11.9. The summed E-state index contributed by atoms with van der Waals surface area (Å²) in [6.45, 7) is 5.14. The number of benzene rings is 1. The van der Waals surface area contributed by atoms with E-state index in [1.165, 1.54) is 0 Å². The fourth-order valence-electron chi connectivity index (χ4n) is 1.87. The van der Waals surface area contributed by atoms with Gasteiger partial charge in [-0.25, -0.2) is 4.98 Å². The van der Waals surface area contributed by atoms with Crippen LogP contribution >= 0.6 is 11.3 Å². The number of phenolic OH excluding ortho intramolecular Hbond substituents is 1. The van der Waals surface area contributed by atoms with E-state index in [1.807, 2.05) is 0 Å². The molecule has 0 aliphatic carbocycles. The Kier molecular flexibility index (Phi) is 3.54. The predicted molar refractivity (Wildman–Crippen MR) is 74.5 cm³/mol. The number of aromatic hydroxyl groups is 1. The van der Waals surface area contributed by atoms with Gasteiger partial charge in [0.05, 0.1) is 4.92 Å². The second-order valence-electron chi connectivity index (χ2n) is 4.43. The minimum absolute atomic E-state index is 0.0734. The van der Waals surface area contributed by atoms with Crippen molar-refractivity contribution in [1.82, 2.24) is 4.98 Å². The number of hydrogen-bond donors (Lipinski definition) is 1. The zero-order chi connectivity index (χ0) is 15.0. The van der Waals surface area contributed by atoms with E-state index < -0.39 is 4.92 Å². The first kappa shape index (κ1) is 14.1.